The molecular formula is C23H25N5O2. The van der Waals surface area contributed by atoms with E-state index in [2.05, 4.69) is 15.6 Å². The Morgan fingerprint density at radius 1 is 1.10 bits per heavy atom. The van der Waals surface area contributed by atoms with Gasteiger partial charge >= 0.3 is 6.03 Å². The third-order valence-electron chi connectivity index (χ3n) is 5.05. The Hall–Kier alpha value is -3.79. The minimum atomic E-state index is -0.869. The van der Waals surface area contributed by atoms with Crippen LogP contribution in [0.1, 0.15) is 31.0 Å². The summed E-state index contributed by atoms with van der Waals surface area (Å²) in [6.07, 6.45) is 4.00. The van der Waals surface area contributed by atoms with E-state index in [4.69, 9.17) is 0 Å². The maximum absolute atomic E-state index is 12.9. The molecule has 2 aromatic carbocycles. The number of likely N-dealkylation sites (N-methyl/N-ethyl adjacent to an activating group) is 1. The number of hydrogen-bond acceptors (Lipinski definition) is 3. The van der Waals surface area contributed by atoms with Gasteiger partial charge in [-0.05, 0) is 31.0 Å². The lowest BCUT2D eigenvalue weighted by Gasteiger charge is -2.23. The molecule has 0 radical (unpaired) electrons. The Balaban J connectivity index is 1.78. The molecule has 7 nitrogen and oxygen atoms in total. The molecule has 0 aliphatic rings. The number of hydrogen-bond donors (Lipinski definition) is 3. The standard InChI is InChI=1S/C23H25N5O2/c1-3-28(15-24)22(29)21(13-18-14-25-20-12-8-7-11-19(18)20)27-23(30)26-16(2)17-9-5-4-6-10-17/h4-12,14,16,21,25H,3,13H2,1-2H3,(H2,26,27,30)/t16-,21?/m0/s1. The van der Waals surface area contributed by atoms with Crippen molar-refractivity contribution < 1.29 is 9.59 Å². The van der Waals surface area contributed by atoms with Crippen LogP contribution in [-0.4, -0.2) is 34.4 Å². The summed E-state index contributed by atoms with van der Waals surface area (Å²) in [5.41, 5.74) is 2.81. The molecule has 1 aromatic heterocycles. The molecule has 0 saturated carbocycles. The quantitative estimate of drug-likeness (QED) is 0.416. The summed E-state index contributed by atoms with van der Waals surface area (Å²) in [5.74, 6) is -0.437. The number of nitrogens with zero attached hydrogens (tertiary/aromatic N) is 2. The largest absolute Gasteiger partial charge is 0.361 e. The van der Waals surface area contributed by atoms with E-state index in [1.54, 1.807) is 6.92 Å². The molecule has 154 valence electrons. The van der Waals surface area contributed by atoms with E-state index < -0.39 is 18.0 Å². The lowest BCUT2D eigenvalue weighted by molar-refractivity contribution is -0.129. The van der Waals surface area contributed by atoms with Crippen LogP contribution < -0.4 is 10.6 Å². The van der Waals surface area contributed by atoms with Crippen LogP contribution in [0.5, 0.6) is 0 Å². The Labute approximate surface area is 175 Å². The SMILES string of the molecule is CCN(C#N)C(=O)C(Cc1c[nH]c2ccccc12)NC(=O)N[C@@H](C)c1ccccc1. The third kappa shape index (κ3) is 4.78. The van der Waals surface area contributed by atoms with Crippen molar-refractivity contribution in [3.63, 3.8) is 0 Å². The van der Waals surface area contributed by atoms with Gasteiger partial charge in [-0.1, -0.05) is 48.5 Å². The number of carbonyl (C=O) groups is 2. The van der Waals surface area contributed by atoms with Crippen LogP contribution in [0, 0.1) is 11.5 Å². The van der Waals surface area contributed by atoms with Gasteiger partial charge in [0.1, 0.15) is 6.04 Å². The van der Waals surface area contributed by atoms with E-state index in [1.165, 1.54) is 0 Å². The average Bonchev–Trinajstić information content (AvgIpc) is 3.17. The zero-order chi connectivity index (χ0) is 21.5. The van der Waals surface area contributed by atoms with E-state index in [9.17, 15) is 14.9 Å². The number of para-hydroxylation sites is 1. The molecule has 7 heteroatoms. The maximum atomic E-state index is 12.9. The summed E-state index contributed by atoms with van der Waals surface area (Å²) in [6.45, 7) is 3.84. The van der Waals surface area contributed by atoms with E-state index in [1.807, 2.05) is 73.9 Å². The molecular weight excluding hydrogens is 378 g/mol. The number of urea groups is 1. The van der Waals surface area contributed by atoms with Crippen LogP contribution in [0.15, 0.2) is 60.8 Å². The van der Waals surface area contributed by atoms with Crippen molar-refractivity contribution in [2.24, 2.45) is 0 Å². The number of fused-ring (bicyclic) bond motifs is 1. The fraction of sp³-hybridized carbons (Fsp3) is 0.261. The highest BCUT2D eigenvalue weighted by Crippen LogP contribution is 2.20. The summed E-state index contributed by atoms with van der Waals surface area (Å²) in [6, 6.07) is 15.8. The molecule has 0 saturated heterocycles. The second-order valence-electron chi connectivity index (χ2n) is 7.05. The van der Waals surface area contributed by atoms with Gasteiger partial charge in [0, 0.05) is 30.1 Å². The minimum absolute atomic E-state index is 0.228. The molecule has 30 heavy (non-hydrogen) atoms. The number of benzene rings is 2. The zero-order valence-electron chi connectivity index (χ0n) is 17.1. The smallest absolute Gasteiger partial charge is 0.315 e. The molecule has 0 spiro atoms. The van der Waals surface area contributed by atoms with E-state index >= 15 is 0 Å². The number of nitrogens with one attached hydrogen (secondary N) is 3. The monoisotopic (exact) mass is 403 g/mol. The number of amides is 3. The fourth-order valence-corrected chi connectivity index (χ4v) is 3.41. The number of rotatable bonds is 7. The van der Waals surface area contributed by atoms with Gasteiger partial charge in [-0.25, -0.2) is 9.69 Å². The Morgan fingerprint density at radius 2 is 1.80 bits per heavy atom. The van der Waals surface area contributed by atoms with Crippen molar-refractivity contribution in [3.05, 3.63) is 71.9 Å². The van der Waals surface area contributed by atoms with Crippen molar-refractivity contribution >= 4 is 22.8 Å². The number of H-pyrrole nitrogens is 1. The number of aromatic amines is 1. The second kappa shape index (κ2) is 9.61. The Morgan fingerprint density at radius 3 is 2.50 bits per heavy atom. The van der Waals surface area contributed by atoms with E-state index in [-0.39, 0.29) is 19.0 Å². The molecule has 3 aromatic rings. The molecule has 0 aliphatic heterocycles. The summed E-state index contributed by atoms with van der Waals surface area (Å²) in [7, 11) is 0. The Kier molecular flexibility index (Phi) is 6.71. The highest BCUT2D eigenvalue weighted by molar-refractivity contribution is 5.90. The molecule has 1 heterocycles. The number of nitriles is 1. The first-order valence-electron chi connectivity index (χ1n) is 9.91. The lowest BCUT2D eigenvalue weighted by atomic mass is 10.0. The molecule has 3 rings (SSSR count). The van der Waals surface area contributed by atoms with Crippen molar-refractivity contribution in [1.29, 1.82) is 5.26 Å². The first kappa shape index (κ1) is 20.9. The van der Waals surface area contributed by atoms with Crippen molar-refractivity contribution in [2.45, 2.75) is 32.4 Å². The predicted molar refractivity (Wildman–Crippen MR) is 115 cm³/mol. The first-order valence-corrected chi connectivity index (χ1v) is 9.91. The molecule has 3 amide bonds. The molecule has 0 aliphatic carbocycles. The summed E-state index contributed by atoms with van der Waals surface area (Å²) in [4.78, 5) is 29.8. The number of carbonyl (C=O) groups excluding carboxylic acids is 2. The average molecular weight is 403 g/mol. The molecule has 3 N–H and O–H groups in total. The van der Waals surface area contributed by atoms with Crippen LogP contribution in [0.3, 0.4) is 0 Å². The third-order valence-corrected chi connectivity index (χ3v) is 5.05. The van der Waals surface area contributed by atoms with Crippen molar-refractivity contribution in [2.75, 3.05) is 6.54 Å². The number of aromatic nitrogens is 1. The van der Waals surface area contributed by atoms with E-state index in [0.717, 1.165) is 26.9 Å². The molecule has 0 fully saturated rings. The zero-order valence-corrected chi connectivity index (χ0v) is 17.1. The lowest BCUT2D eigenvalue weighted by Crippen LogP contribution is -2.51. The van der Waals surface area contributed by atoms with Gasteiger partial charge in [0.25, 0.3) is 5.91 Å². The van der Waals surface area contributed by atoms with Gasteiger partial charge in [0.05, 0.1) is 6.04 Å². The first-order chi connectivity index (χ1) is 14.5. The van der Waals surface area contributed by atoms with Crippen LogP contribution in [0.4, 0.5) is 4.79 Å². The van der Waals surface area contributed by atoms with Crippen molar-refractivity contribution in [1.82, 2.24) is 20.5 Å². The predicted octanol–water partition coefficient (Wildman–Crippen LogP) is 3.47. The highest BCUT2D eigenvalue weighted by Gasteiger charge is 2.27. The summed E-state index contributed by atoms with van der Waals surface area (Å²) < 4.78 is 0. The van der Waals surface area contributed by atoms with Gasteiger partial charge in [-0.2, -0.15) is 5.26 Å². The fourth-order valence-electron chi connectivity index (χ4n) is 3.41. The molecule has 0 bridgehead atoms. The van der Waals surface area contributed by atoms with Crippen LogP contribution in [-0.2, 0) is 11.2 Å². The summed E-state index contributed by atoms with van der Waals surface area (Å²) in [5, 5.41) is 15.9. The highest BCUT2D eigenvalue weighted by atomic mass is 16.2. The maximum Gasteiger partial charge on any atom is 0.315 e. The Bertz CT molecular complexity index is 1050. The minimum Gasteiger partial charge on any atom is -0.361 e. The topological polar surface area (TPSA) is 101 Å². The molecule has 2 atom stereocenters. The van der Waals surface area contributed by atoms with E-state index in [0.29, 0.717) is 0 Å². The van der Waals surface area contributed by atoms with Gasteiger partial charge in [0.2, 0.25) is 0 Å². The van der Waals surface area contributed by atoms with Gasteiger partial charge in [-0.3, -0.25) is 4.79 Å². The van der Waals surface area contributed by atoms with Crippen LogP contribution in [0.2, 0.25) is 0 Å². The summed E-state index contributed by atoms with van der Waals surface area (Å²) >= 11 is 0. The van der Waals surface area contributed by atoms with Crippen molar-refractivity contribution in [3.8, 4) is 6.19 Å². The van der Waals surface area contributed by atoms with Gasteiger partial charge in [-0.15, -0.1) is 0 Å². The van der Waals surface area contributed by atoms with Gasteiger partial charge in [0.15, 0.2) is 6.19 Å². The molecule has 1 unspecified atom stereocenters. The van der Waals surface area contributed by atoms with Crippen LogP contribution in [0.25, 0.3) is 10.9 Å². The normalized spacial score (nSPS) is 12.6. The van der Waals surface area contributed by atoms with Gasteiger partial charge < -0.3 is 15.6 Å². The van der Waals surface area contributed by atoms with Crippen LogP contribution >= 0.6 is 0 Å². The second-order valence-corrected chi connectivity index (χ2v) is 7.05.